The Hall–Kier alpha value is -2.66. The highest BCUT2D eigenvalue weighted by Gasteiger charge is 2.22. The maximum atomic E-state index is 12.2. The molecule has 13 heteroatoms. The minimum atomic E-state index is -4.64. The molecule has 28 heavy (non-hydrogen) atoms. The second-order valence-electron chi connectivity index (χ2n) is 5.95. The molecule has 0 unspecified atom stereocenters. The molecule has 0 spiro atoms. The first-order valence-electron chi connectivity index (χ1n) is 8.22. The number of aliphatic imine (C=N–C) groups is 1. The molecule has 0 heterocycles. The van der Waals surface area contributed by atoms with Gasteiger partial charge in [0.1, 0.15) is 11.8 Å². The van der Waals surface area contributed by atoms with Crippen molar-refractivity contribution in [2.75, 3.05) is 6.54 Å². The largest absolute Gasteiger partial charge is 0.524 e. The molecule has 2 atom stereocenters. The zero-order valence-electron chi connectivity index (χ0n) is 15.0. The third-order valence-electron chi connectivity index (χ3n) is 3.55. The van der Waals surface area contributed by atoms with Gasteiger partial charge in [0.15, 0.2) is 5.96 Å². The van der Waals surface area contributed by atoms with Crippen LogP contribution in [0.3, 0.4) is 0 Å². The normalized spacial score (nSPS) is 13.2. The SMILES string of the molecule is NC(=O)[C@H](CCCN=C(N)N)NC(=O)[C@@H](N)Cc1ccc(OP(=O)(O)O)cc1. The number of rotatable bonds is 11. The van der Waals surface area contributed by atoms with Crippen LogP contribution in [0.2, 0.25) is 0 Å². The zero-order valence-corrected chi connectivity index (χ0v) is 15.9. The topological polar surface area (TPSA) is 229 Å². The monoisotopic (exact) mass is 416 g/mol. The fraction of sp³-hybridized carbons (Fsp3) is 0.400. The summed E-state index contributed by atoms with van der Waals surface area (Å²) < 4.78 is 15.2. The van der Waals surface area contributed by atoms with Gasteiger partial charge < -0.3 is 32.8 Å². The first-order chi connectivity index (χ1) is 13.0. The number of primary amides is 1. The van der Waals surface area contributed by atoms with E-state index >= 15 is 0 Å². The van der Waals surface area contributed by atoms with Gasteiger partial charge in [-0.2, -0.15) is 0 Å². The molecule has 2 amide bonds. The summed E-state index contributed by atoms with van der Waals surface area (Å²) in [5.74, 6) is -1.37. The molecule has 0 saturated heterocycles. The van der Waals surface area contributed by atoms with Crippen molar-refractivity contribution in [3.63, 3.8) is 0 Å². The lowest BCUT2D eigenvalue weighted by Gasteiger charge is -2.18. The molecule has 0 aromatic heterocycles. The summed E-state index contributed by atoms with van der Waals surface area (Å²) in [6, 6.07) is 3.83. The lowest BCUT2D eigenvalue weighted by atomic mass is 10.0. The quantitative estimate of drug-likeness (QED) is 0.0918. The number of guanidine groups is 1. The number of hydrogen-bond donors (Lipinski definition) is 7. The lowest BCUT2D eigenvalue weighted by Crippen LogP contribution is -2.51. The number of hydrogen-bond acceptors (Lipinski definition) is 6. The van der Waals surface area contributed by atoms with Gasteiger partial charge in [-0.3, -0.25) is 24.4 Å². The number of phosphoric ester groups is 1. The van der Waals surface area contributed by atoms with Gasteiger partial charge in [-0.15, -0.1) is 0 Å². The number of nitrogens with zero attached hydrogens (tertiary/aromatic N) is 1. The molecule has 0 bridgehead atoms. The smallest absolute Gasteiger partial charge is 0.404 e. The van der Waals surface area contributed by atoms with Crippen LogP contribution in [-0.2, 0) is 20.6 Å². The molecule has 0 aliphatic carbocycles. The maximum absolute atomic E-state index is 12.2. The Morgan fingerprint density at radius 3 is 2.29 bits per heavy atom. The minimum Gasteiger partial charge on any atom is -0.404 e. The van der Waals surface area contributed by atoms with Gasteiger partial charge in [0.05, 0.1) is 6.04 Å². The highest BCUT2D eigenvalue weighted by Crippen LogP contribution is 2.37. The second-order valence-corrected chi connectivity index (χ2v) is 7.11. The lowest BCUT2D eigenvalue weighted by molar-refractivity contribution is -0.128. The minimum absolute atomic E-state index is 0.0235. The van der Waals surface area contributed by atoms with Crippen molar-refractivity contribution in [3.8, 4) is 5.75 Å². The number of carbonyl (C=O) groups excluding carboxylic acids is 2. The van der Waals surface area contributed by atoms with Crippen LogP contribution < -0.4 is 32.8 Å². The Kier molecular flexibility index (Phi) is 8.86. The van der Waals surface area contributed by atoms with Crippen molar-refractivity contribution in [3.05, 3.63) is 29.8 Å². The highest BCUT2D eigenvalue weighted by molar-refractivity contribution is 7.46. The number of nitrogens with two attached hydrogens (primary N) is 4. The Morgan fingerprint density at radius 2 is 1.79 bits per heavy atom. The summed E-state index contributed by atoms with van der Waals surface area (Å²) in [4.78, 5) is 45.0. The van der Waals surface area contributed by atoms with Crippen LogP contribution in [0.25, 0.3) is 0 Å². The molecule has 1 rings (SSSR count). The Balaban J connectivity index is 2.58. The van der Waals surface area contributed by atoms with Crippen LogP contribution in [-0.4, -0.2) is 46.2 Å². The average molecular weight is 416 g/mol. The van der Waals surface area contributed by atoms with Gasteiger partial charge >= 0.3 is 7.82 Å². The predicted molar refractivity (Wildman–Crippen MR) is 102 cm³/mol. The number of benzene rings is 1. The van der Waals surface area contributed by atoms with Crippen molar-refractivity contribution in [1.29, 1.82) is 0 Å². The number of amides is 2. The van der Waals surface area contributed by atoms with Crippen molar-refractivity contribution in [2.24, 2.45) is 27.9 Å². The standard InChI is InChI=1S/C15H25N6O6P/c16-11(8-9-3-5-10(6-4-9)27-28(24,25)26)14(23)21-12(13(17)22)2-1-7-20-15(18)19/h3-6,11-12H,1-2,7-8,16H2,(H2,17,22)(H,21,23)(H4,18,19,20)(H2,24,25,26)/t11-,12-/m0/s1. The summed E-state index contributed by atoms with van der Waals surface area (Å²) in [6.07, 6.45) is 0.808. The van der Waals surface area contributed by atoms with Crippen LogP contribution in [0.15, 0.2) is 29.3 Å². The Bertz CT molecular complexity index is 746. The van der Waals surface area contributed by atoms with Gasteiger partial charge in [-0.1, -0.05) is 12.1 Å². The molecule has 0 aliphatic heterocycles. The van der Waals surface area contributed by atoms with Crippen LogP contribution in [0, 0.1) is 0 Å². The van der Waals surface area contributed by atoms with E-state index in [0.29, 0.717) is 12.0 Å². The molecule has 0 saturated carbocycles. The van der Waals surface area contributed by atoms with E-state index < -0.39 is 31.7 Å². The zero-order chi connectivity index (χ0) is 21.3. The fourth-order valence-electron chi connectivity index (χ4n) is 2.24. The second kappa shape index (κ2) is 10.6. The van der Waals surface area contributed by atoms with Crippen molar-refractivity contribution >= 4 is 25.6 Å². The van der Waals surface area contributed by atoms with E-state index in [1.807, 2.05) is 0 Å². The number of phosphoric acid groups is 1. The van der Waals surface area contributed by atoms with E-state index in [2.05, 4.69) is 14.8 Å². The van der Waals surface area contributed by atoms with Crippen LogP contribution in [0.1, 0.15) is 18.4 Å². The van der Waals surface area contributed by atoms with E-state index in [-0.39, 0.29) is 31.1 Å². The van der Waals surface area contributed by atoms with Crippen LogP contribution in [0.4, 0.5) is 0 Å². The van der Waals surface area contributed by atoms with Crippen molar-refractivity contribution in [2.45, 2.75) is 31.3 Å². The van der Waals surface area contributed by atoms with Crippen molar-refractivity contribution in [1.82, 2.24) is 5.32 Å². The molecule has 0 aliphatic rings. The van der Waals surface area contributed by atoms with E-state index in [9.17, 15) is 14.2 Å². The highest BCUT2D eigenvalue weighted by atomic mass is 31.2. The molecule has 1 aromatic rings. The third kappa shape index (κ3) is 9.33. The number of nitrogens with one attached hydrogen (secondary N) is 1. The third-order valence-corrected chi connectivity index (χ3v) is 3.99. The maximum Gasteiger partial charge on any atom is 0.524 e. The molecule has 11 N–H and O–H groups in total. The average Bonchev–Trinajstić information content (AvgIpc) is 2.57. The first kappa shape index (κ1) is 23.4. The molecule has 156 valence electrons. The van der Waals surface area contributed by atoms with Crippen molar-refractivity contribution < 1.29 is 28.5 Å². The molecule has 0 fully saturated rings. The van der Waals surface area contributed by atoms with Gasteiger partial charge in [0, 0.05) is 6.54 Å². The molecule has 12 nitrogen and oxygen atoms in total. The molecular weight excluding hydrogens is 391 g/mol. The van der Waals surface area contributed by atoms with Gasteiger partial charge in [-0.05, 0) is 37.0 Å². The fourth-order valence-corrected chi connectivity index (χ4v) is 2.63. The molecule has 0 radical (unpaired) electrons. The predicted octanol–water partition coefficient (Wildman–Crippen LogP) is -1.95. The van der Waals surface area contributed by atoms with E-state index in [1.54, 1.807) is 0 Å². The summed E-state index contributed by atoms with van der Waals surface area (Å²) in [5.41, 5.74) is 22.2. The number of carbonyl (C=O) groups is 2. The summed E-state index contributed by atoms with van der Waals surface area (Å²) in [6.45, 7) is 0.289. The molecule has 1 aromatic carbocycles. The van der Waals surface area contributed by atoms with E-state index in [0.717, 1.165) is 0 Å². The first-order valence-corrected chi connectivity index (χ1v) is 9.75. The van der Waals surface area contributed by atoms with Gasteiger partial charge in [0.2, 0.25) is 11.8 Å². The van der Waals surface area contributed by atoms with E-state index in [1.165, 1.54) is 24.3 Å². The summed E-state index contributed by atoms with van der Waals surface area (Å²) in [5, 5.41) is 2.49. The van der Waals surface area contributed by atoms with Crippen LogP contribution >= 0.6 is 7.82 Å². The summed E-state index contributed by atoms with van der Waals surface area (Å²) >= 11 is 0. The Labute approximate surface area is 161 Å². The van der Waals surface area contributed by atoms with Gasteiger partial charge in [0.25, 0.3) is 0 Å². The molecular formula is C15H25N6O6P. The van der Waals surface area contributed by atoms with Gasteiger partial charge in [-0.25, -0.2) is 4.57 Å². The Morgan fingerprint density at radius 1 is 1.18 bits per heavy atom. The summed E-state index contributed by atoms with van der Waals surface area (Å²) in [7, 11) is -4.64. The van der Waals surface area contributed by atoms with E-state index in [4.69, 9.17) is 32.7 Å². The van der Waals surface area contributed by atoms with Crippen LogP contribution in [0.5, 0.6) is 5.75 Å².